The van der Waals surface area contributed by atoms with Crippen LogP contribution in [-0.2, 0) is 0 Å². The van der Waals surface area contributed by atoms with Gasteiger partial charge in [0.2, 0.25) is 0 Å². The smallest absolute Gasteiger partial charge is 0.190 e. The number of aryl methyl sites for hydroxylation is 1. The first kappa shape index (κ1) is 14.3. The van der Waals surface area contributed by atoms with E-state index in [4.69, 9.17) is 9.26 Å². The number of methoxy groups -OCH3 is 1. The van der Waals surface area contributed by atoms with Crippen molar-refractivity contribution < 1.29 is 18.0 Å². The molecule has 0 aliphatic heterocycles. The lowest BCUT2D eigenvalue weighted by Gasteiger charge is -2.07. The van der Waals surface area contributed by atoms with Crippen molar-refractivity contribution in [3.05, 3.63) is 59.9 Å². The highest BCUT2D eigenvalue weighted by atomic mass is 19.1. The molecule has 22 heavy (non-hydrogen) atoms. The van der Waals surface area contributed by atoms with Crippen LogP contribution in [0.15, 0.2) is 47.0 Å². The van der Waals surface area contributed by atoms with Crippen molar-refractivity contribution in [2.24, 2.45) is 0 Å². The number of halogens is 2. The van der Waals surface area contributed by atoms with E-state index in [1.165, 1.54) is 19.2 Å². The Morgan fingerprint density at radius 1 is 1.00 bits per heavy atom. The SMILES string of the molecule is COc1c(F)cc(-c2noc(C)c2-c2ccccc2)cc1F. The Morgan fingerprint density at radius 2 is 1.64 bits per heavy atom. The molecule has 112 valence electrons. The predicted octanol–water partition coefficient (Wildman–Crippen LogP) is 4.60. The molecule has 2 aromatic carbocycles. The number of hydrogen-bond acceptors (Lipinski definition) is 3. The van der Waals surface area contributed by atoms with E-state index >= 15 is 0 Å². The summed E-state index contributed by atoms with van der Waals surface area (Å²) >= 11 is 0. The number of rotatable bonds is 3. The minimum Gasteiger partial charge on any atom is -0.491 e. The van der Waals surface area contributed by atoms with Crippen LogP contribution < -0.4 is 4.74 Å². The number of aromatic nitrogens is 1. The van der Waals surface area contributed by atoms with E-state index < -0.39 is 17.4 Å². The van der Waals surface area contributed by atoms with Crippen molar-refractivity contribution in [2.45, 2.75) is 6.92 Å². The molecule has 0 bridgehead atoms. The Kier molecular flexibility index (Phi) is 3.63. The zero-order valence-corrected chi connectivity index (χ0v) is 12.1. The van der Waals surface area contributed by atoms with Crippen molar-refractivity contribution >= 4 is 0 Å². The summed E-state index contributed by atoms with van der Waals surface area (Å²) in [6.07, 6.45) is 0. The molecule has 0 aliphatic carbocycles. The van der Waals surface area contributed by atoms with Gasteiger partial charge in [0, 0.05) is 5.56 Å². The van der Waals surface area contributed by atoms with E-state index in [0.29, 0.717) is 22.6 Å². The van der Waals surface area contributed by atoms with Gasteiger partial charge in [0.05, 0.1) is 12.7 Å². The fourth-order valence-electron chi connectivity index (χ4n) is 2.41. The Bertz CT molecular complexity index is 790. The van der Waals surface area contributed by atoms with Gasteiger partial charge in [-0.3, -0.25) is 0 Å². The van der Waals surface area contributed by atoms with E-state index in [2.05, 4.69) is 5.16 Å². The molecule has 0 N–H and O–H groups in total. The summed E-state index contributed by atoms with van der Waals surface area (Å²) in [6.45, 7) is 1.76. The molecule has 0 saturated carbocycles. The third-order valence-electron chi connectivity index (χ3n) is 3.40. The van der Waals surface area contributed by atoms with E-state index in [1.54, 1.807) is 6.92 Å². The maximum Gasteiger partial charge on any atom is 0.190 e. The number of benzene rings is 2. The Labute approximate surface area is 126 Å². The molecule has 0 unspecified atom stereocenters. The maximum absolute atomic E-state index is 13.9. The molecule has 0 saturated heterocycles. The van der Waals surface area contributed by atoms with Gasteiger partial charge in [-0.15, -0.1) is 0 Å². The zero-order chi connectivity index (χ0) is 15.7. The highest BCUT2D eigenvalue weighted by Gasteiger charge is 2.20. The van der Waals surface area contributed by atoms with Crippen molar-refractivity contribution in [3.63, 3.8) is 0 Å². The van der Waals surface area contributed by atoms with Gasteiger partial charge in [0.15, 0.2) is 17.4 Å². The molecule has 1 heterocycles. The van der Waals surface area contributed by atoms with Crippen LogP contribution in [0.5, 0.6) is 5.75 Å². The van der Waals surface area contributed by atoms with E-state index in [1.807, 2.05) is 30.3 Å². The van der Waals surface area contributed by atoms with E-state index in [-0.39, 0.29) is 0 Å². The quantitative estimate of drug-likeness (QED) is 0.709. The number of nitrogens with zero attached hydrogens (tertiary/aromatic N) is 1. The summed E-state index contributed by atoms with van der Waals surface area (Å²) < 4.78 is 37.7. The first-order valence-electron chi connectivity index (χ1n) is 6.67. The highest BCUT2D eigenvalue weighted by molar-refractivity contribution is 5.82. The lowest BCUT2D eigenvalue weighted by Crippen LogP contribution is -1.94. The van der Waals surface area contributed by atoms with Gasteiger partial charge in [-0.2, -0.15) is 0 Å². The highest BCUT2D eigenvalue weighted by Crippen LogP contribution is 2.36. The largest absolute Gasteiger partial charge is 0.491 e. The topological polar surface area (TPSA) is 35.3 Å². The Hall–Kier alpha value is -2.69. The molecule has 3 rings (SSSR count). The number of hydrogen-bond donors (Lipinski definition) is 0. The lowest BCUT2D eigenvalue weighted by molar-refractivity contribution is 0.360. The summed E-state index contributed by atoms with van der Waals surface area (Å²) in [6, 6.07) is 11.8. The molecule has 3 aromatic rings. The molecule has 0 spiro atoms. The first-order valence-corrected chi connectivity index (χ1v) is 6.67. The van der Waals surface area contributed by atoms with Crippen LogP contribution in [0, 0.1) is 18.6 Å². The van der Waals surface area contributed by atoms with Gasteiger partial charge >= 0.3 is 0 Å². The van der Waals surface area contributed by atoms with Crippen molar-refractivity contribution in [2.75, 3.05) is 7.11 Å². The summed E-state index contributed by atoms with van der Waals surface area (Å²) in [5.41, 5.74) is 2.27. The van der Waals surface area contributed by atoms with Gasteiger partial charge in [-0.1, -0.05) is 35.5 Å². The third-order valence-corrected chi connectivity index (χ3v) is 3.40. The third kappa shape index (κ3) is 2.35. The molecule has 0 aliphatic rings. The van der Waals surface area contributed by atoms with Crippen LogP contribution in [0.2, 0.25) is 0 Å². The van der Waals surface area contributed by atoms with Gasteiger partial charge in [0.25, 0.3) is 0 Å². The standard InChI is InChI=1S/C17H13F2NO2/c1-10-15(11-6-4-3-5-7-11)16(20-22-10)12-8-13(18)17(21-2)14(19)9-12/h3-9H,1-2H3. The molecule has 0 amide bonds. The lowest BCUT2D eigenvalue weighted by atomic mass is 9.99. The van der Waals surface area contributed by atoms with Crippen LogP contribution in [-0.4, -0.2) is 12.3 Å². The molecule has 1 aromatic heterocycles. The molecular formula is C17H13F2NO2. The van der Waals surface area contributed by atoms with Crippen molar-refractivity contribution in [3.8, 4) is 28.1 Å². The summed E-state index contributed by atoms with van der Waals surface area (Å²) in [5.74, 6) is -1.39. The Balaban J connectivity index is 2.19. The average Bonchev–Trinajstić information content (AvgIpc) is 2.89. The second kappa shape index (κ2) is 5.60. The van der Waals surface area contributed by atoms with Crippen LogP contribution in [0.4, 0.5) is 8.78 Å². The Morgan fingerprint density at radius 3 is 2.23 bits per heavy atom. The van der Waals surface area contributed by atoms with Crippen LogP contribution >= 0.6 is 0 Å². The minimum atomic E-state index is -0.780. The van der Waals surface area contributed by atoms with E-state index in [0.717, 1.165) is 5.56 Å². The second-order valence-corrected chi connectivity index (χ2v) is 4.80. The molecule has 5 heteroatoms. The monoisotopic (exact) mass is 301 g/mol. The van der Waals surface area contributed by atoms with Crippen molar-refractivity contribution in [1.29, 1.82) is 0 Å². The summed E-state index contributed by atoms with van der Waals surface area (Å²) in [7, 11) is 1.22. The van der Waals surface area contributed by atoms with E-state index in [9.17, 15) is 8.78 Å². The average molecular weight is 301 g/mol. The van der Waals surface area contributed by atoms with Crippen LogP contribution in [0.3, 0.4) is 0 Å². The normalized spacial score (nSPS) is 10.7. The maximum atomic E-state index is 13.9. The summed E-state index contributed by atoms with van der Waals surface area (Å²) in [5, 5.41) is 3.95. The zero-order valence-electron chi connectivity index (χ0n) is 12.1. The molecule has 3 nitrogen and oxygen atoms in total. The van der Waals surface area contributed by atoms with Gasteiger partial charge < -0.3 is 9.26 Å². The summed E-state index contributed by atoms with van der Waals surface area (Å²) in [4.78, 5) is 0. The number of ether oxygens (including phenoxy) is 1. The van der Waals surface area contributed by atoms with Gasteiger partial charge in [-0.25, -0.2) is 8.78 Å². The molecular weight excluding hydrogens is 288 g/mol. The van der Waals surface area contributed by atoms with Gasteiger partial charge in [0.1, 0.15) is 11.5 Å². The van der Waals surface area contributed by atoms with Crippen molar-refractivity contribution in [1.82, 2.24) is 5.16 Å². The first-order chi connectivity index (χ1) is 10.6. The molecule has 0 fully saturated rings. The predicted molar refractivity (Wildman–Crippen MR) is 78.6 cm³/mol. The fraction of sp³-hybridized carbons (Fsp3) is 0.118. The molecule has 0 atom stereocenters. The fourth-order valence-corrected chi connectivity index (χ4v) is 2.41. The second-order valence-electron chi connectivity index (χ2n) is 4.80. The van der Waals surface area contributed by atoms with Crippen LogP contribution in [0.1, 0.15) is 5.76 Å². The van der Waals surface area contributed by atoms with Gasteiger partial charge in [-0.05, 0) is 24.6 Å². The molecule has 0 radical (unpaired) electrons. The van der Waals surface area contributed by atoms with Crippen LogP contribution in [0.25, 0.3) is 22.4 Å². The minimum absolute atomic E-state index is 0.298.